The lowest BCUT2D eigenvalue weighted by atomic mass is 9.80. The second kappa shape index (κ2) is 5.44. The zero-order valence-electron chi connectivity index (χ0n) is 12.4. The fourth-order valence-electron chi connectivity index (χ4n) is 4.03. The predicted octanol–water partition coefficient (Wildman–Crippen LogP) is 4.03. The maximum Gasteiger partial charge on any atom is 0.0276 e. The van der Waals surface area contributed by atoms with Crippen LogP contribution in [-0.2, 0) is 12.8 Å². The van der Waals surface area contributed by atoms with Crippen LogP contribution < -0.4 is 9.75 Å². The first-order valence-corrected chi connectivity index (χ1v) is 8.76. The third-order valence-electron chi connectivity index (χ3n) is 5.15. The van der Waals surface area contributed by atoms with E-state index in [1.54, 1.807) is 21.2 Å². The van der Waals surface area contributed by atoms with Gasteiger partial charge in [0.15, 0.2) is 0 Å². The molecule has 0 radical (unpaired) electrons. The lowest BCUT2D eigenvalue weighted by molar-refractivity contribution is 0.293. The molecule has 1 aromatic heterocycles. The van der Waals surface area contributed by atoms with E-state index in [2.05, 4.69) is 20.4 Å². The van der Waals surface area contributed by atoms with Gasteiger partial charge in [-0.2, -0.15) is 0 Å². The van der Waals surface area contributed by atoms with E-state index in [4.69, 9.17) is 0 Å². The summed E-state index contributed by atoms with van der Waals surface area (Å²) >= 11 is 1.96. The van der Waals surface area contributed by atoms with Crippen molar-refractivity contribution in [2.45, 2.75) is 65.2 Å². The molecule has 1 aromatic rings. The Morgan fingerprint density at radius 3 is 2.68 bits per heavy atom. The van der Waals surface area contributed by atoms with Gasteiger partial charge in [0.25, 0.3) is 0 Å². The molecule has 0 aromatic carbocycles. The van der Waals surface area contributed by atoms with Gasteiger partial charge >= 0.3 is 0 Å². The van der Waals surface area contributed by atoms with Gasteiger partial charge in [0, 0.05) is 9.41 Å². The molecular formula is C18H26S. The average Bonchev–Trinajstić information content (AvgIpc) is 2.91. The van der Waals surface area contributed by atoms with E-state index in [0.717, 1.165) is 11.8 Å². The van der Waals surface area contributed by atoms with Crippen LogP contribution in [0.4, 0.5) is 0 Å². The second-order valence-corrected chi connectivity index (χ2v) is 7.96. The van der Waals surface area contributed by atoms with Crippen molar-refractivity contribution in [2.75, 3.05) is 0 Å². The van der Waals surface area contributed by atoms with Crippen LogP contribution in [0.1, 0.15) is 62.8 Å². The summed E-state index contributed by atoms with van der Waals surface area (Å²) in [6, 6.07) is 0. The average molecular weight is 274 g/mol. The third kappa shape index (κ3) is 2.67. The third-order valence-corrected chi connectivity index (χ3v) is 6.30. The molecule has 19 heavy (non-hydrogen) atoms. The monoisotopic (exact) mass is 274 g/mol. The Hall–Kier alpha value is -0.560. The lowest BCUT2D eigenvalue weighted by Crippen LogP contribution is -2.24. The van der Waals surface area contributed by atoms with Crippen LogP contribution in [0.2, 0.25) is 0 Å². The van der Waals surface area contributed by atoms with E-state index in [1.165, 1.54) is 55.9 Å². The SMILES string of the molecule is C=c1sc2c(/c1=C(/C)CC1CCC(C)CC1)CCC2. The molecule has 1 fully saturated rings. The Kier molecular flexibility index (Phi) is 3.84. The topological polar surface area (TPSA) is 0 Å². The molecule has 0 atom stereocenters. The van der Waals surface area contributed by atoms with Crippen LogP contribution in [0.5, 0.6) is 0 Å². The van der Waals surface area contributed by atoms with Gasteiger partial charge in [-0.3, -0.25) is 0 Å². The Bertz CT molecular complexity index is 555. The number of thiophene rings is 1. The van der Waals surface area contributed by atoms with E-state index < -0.39 is 0 Å². The van der Waals surface area contributed by atoms with Gasteiger partial charge in [0.05, 0.1) is 0 Å². The Labute approximate surface area is 121 Å². The minimum atomic E-state index is 0.938. The molecule has 1 saturated carbocycles. The molecule has 0 N–H and O–H groups in total. The number of fused-ring (bicyclic) bond motifs is 1. The van der Waals surface area contributed by atoms with Crippen molar-refractivity contribution in [1.82, 2.24) is 0 Å². The minimum absolute atomic E-state index is 0.938. The molecule has 104 valence electrons. The molecule has 3 rings (SSSR count). The van der Waals surface area contributed by atoms with E-state index in [9.17, 15) is 0 Å². The first-order valence-electron chi connectivity index (χ1n) is 7.94. The van der Waals surface area contributed by atoms with Crippen molar-refractivity contribution in [2.24, 2.45) is 11.8 Å². The maximum atomic E-state index is 4.31. The van der Waals surface area contributed by atoms with Crippen molar-refractivity contribution in [3.05, 3.63) is 20.2 Å². The van der Waals surface area contributed by atoms with E-state index in [1.807, 2.05) is 11.3 Å². The summed E-state index contributed by atoms with van der Waals surface area (Å²) in [5.74, 6) is 1.90. The smallest absolute Gasteiger partial charge is 0.0276 e. The highest BCUT2D eigenvalue weighted by Crippen LogP contribution is 2.32. The van der Waals surface area contributed by atoms with Crippen molar-refractivity contribution >= 4 is 23.5 Å². The molecule has 1 heteroatoms. The van der Waals surface area contributed by atoms with Gasteiger partial charge < -0.3 is 0 Å². The highest BCUT2D eigenvalue weighted by molar-refractivity contribution is 7.10. The van der Waals surface area contributed by atoms with Crippen LogP contribution in [0.3, 0.4) is 0 Å². The zero-order valence-corrected chi connectivity index (χ0v) is 13.2. The molecular weight excluding hydrogens is 248 g/mol. The molecule has 0 aliphatic heterocycles. The van der Waals surface area contributed by atoms with Gasteiger partial charge in [-0.05, 0) is 68.1 Å². The summed E-state index contributed by atoms with van der Waals surface area (Å²) in [5.41, 5.74) is 3.29. The van der Waals surface area contributed by atoms with Crippen molar-refractivity contribution in [1.29, 1.82) is 0 Å². The summed E-state index contributed by atoms with van der Waals surface area (Å²) in [6.07, 6.45) is 11.1. The largest absolute Gasteiger partial charge is 0.141 e. The standard InChI is InChI=1S/C18H26S/c1-12-7-9-15(10-8-12)11-13(2)18-14(3)19-17-6-4-5-16(17)18/h12,15H,3-11H2,1-2H3/b18-13-. The predicted molar refractivity (Wildman–Crippen MR) is 85.9 cm³/mol. The summed E-state index contributed by atoms with van der Waals surface area (Å²) in [6.45, 7) is 9.09. The van der Waals surface area contributed by atoms with Crippen LogP contribution >= 0.6 is 11.3 Å². The van der Waals surface area contributed by atoms with Crippen LogP contribution in [0.15, 0.2) is 0 Å². The molecule has 1 heterocycles. The zero-order chi connectivity index (χ0) is 13.4. The second-order valence-electron chi connectivity index (χ2n) is 6.77. The molecule has 2 aliphatic carbocycles. The fraction of sp³-hybridized carbons (Fsp3) is 0.667. The maximum absolute atomic E-state index is 4.31. The molecule has 0 spiro atoms. The number of aryl methyl sites for hydroxylation is 1. The highest BCUT2D eigenvalue weighted by atomic mass is 32.1. The number of rotatable bonds is 2. The van der Waals surface area contributed by atoms with Crippen LogP contribution in [0, 0.1) is 11.8 Å². The van der Waals surface area contributed by atoms with Crippen LogP contribution in [0.25, 0.3) is 12.2 Å². The highest BCUT2D eigenvalue weighted by Gasteiger charge is 2.20. The molecule has 2 aliphatic rings. The summed E-state index contributed by atoms with van der Waals surface area (Å²) < 4.78 is 1.34. The lowest BCUT2D eigenvalue weighted by Gasteiger charge is -2.26. The summed E-state index contributed by atoms with van der Waals surface area (Å²) in [7, 11) is 0. The summed E-state index contributed by atoms with van der Waals surface area (Å²) in [5, 5.41) is 1.57. The van der Waals surface area contributed by atoms with Crippen molar-refractivity contribution in [3.8, 4) is 0 Å². The first kappa shape index (κ1) is 13.4. The molecule has 0 nitrogen and oxygen atoms in total. The Balaban J connectivity index is 1.85. The van der Waals surface area contributed by atoms with Gasteiger partial charge in [-0.15, -0.1) is 11.3 Å². The van der Waals surface area contributed by atoms with Crippen molar-refractivity contribution < 1.29 is 0 Å². The van der Waals surface area contributed by atoms with E-state index in [0.29, 0.717) is 0 Å². The minimum Gasteiger partial charge on any atom is -0.141 e. The molecule has 0 amide bonds. The molecule has 0 unspecified atom stereocenters. The number of hydrogen-bond donors (Lipinski definition) is 0. The normalized spacial score (nSPS) is 28.3. The quantitative estimate of drug-likeness (QED) is 0.764. The van der Waals surface area contributed by atoms with Crippen molar-refractivity contribution in [3.63, 3.8) is 0 Å². The Morgan fingerprint density at radius 1 is 1.21 bits per heavy atom. The fourth-order valence-corrected chi connectivity index (χ4v) is 5.30. The van der Waals surface area contributed by atoms with Gasteiger partial charge in [0.2, 0.25) is 0 Å². The molecule has 0 bridgehead atoms. The number of hydrogen-bond acceptors (Lipinski definition) is 1. The Morgan fingerprint density at radius 2 is 1.95 bits per heavy atom. The van der Waals surface area contributed by atoms with E-state index >= 15 is 0 Å². The van der Waals surface area contributed by atoms with Gasteiger partial charge in [-0.25, -0.2) is 0 Å². The van der Waals surface area contributed by atoms with Crippen LogP contribution in [-0.4, -0.2) is 0 Å². The van der Waals surface area contributed by atoms with Gasteiger partial charge in [-0.1, -0.05) is 31.9 Å². The first-order chi connectivity index (χ1) is 9.15. The summed E-state index contributed by atoms with van der Waals surface area (Å²) in [4.78, 5) is 1.64. The van der Waals surface area contributed by atoms with Gasteiger partial charge in [0.1, 0.15) is 0 Å². The molecule has 0 saturated heterocycles. The van der Waals surface area contributed by atoms with E-state index in [-0.39, 0.29) is 0 Å².